The smallest absolute Gasteiger partial charge is 0.192 e. The summed E-state index contributed by atoms with van der Waals surface area (Å²) in [5, 5.41) is 4.65. The molecule has 2 aliphatic heterocycles. The van der Waals surface area contributed by atoms with Gasteiger partial charge in [-0.2, -0.15) is 0 Å². The Labute approximate surface area is 271 Å². The second-order valence-corrected chi connectivity index (χ2v) is 13.6. The lowest BCUT2D eigenvalue weighted by atomic mass is 10.1. The number of rotatable bonds is 1. The van der Waals surface area contributed by atoms with Crippen LogP contribution in [0.15, 0.2) is 140 Å². The molecule has 0 N–H and O–H groups in total. The van der Waals surface area contributed by atoms with Gasteiger partial charge in [0.1, 0.15) is 0 Å². The molecule has 0 bridgehead atoms. The van der Waals surface area contributed by atoms with Crippen molar-refractivity contribution in [2.75, 3.05) is 23.4 Å². The van der Waals surface area contributed by atoms with Crippen molar-refractivity contribution in [3.8, 4) is 0 Å². The monoisotopic (exact) mass is 622 g/mol. The van der Waals surface area contributed by atoms with Crippen LogP contribution < -0.4 is 9.80 Å². The number of hydrogen-bond donors (Lipinski definition) is 0. The first-order valence-electron chi connectivity index (χ1n) is 15.2. The number of carbonyl (C=O) groups excluding carboxylic acids is 2. The lowest BCUT2D eigenvalue weighted by molar-refractivity contribution is 0.103. The second kappa shape index (κ2) is 11.1. The molecule has 0 radical (unpaired) electrons. The van der Waals surface area contributed by atoms with E-state index in [-0.39, 0.29) is 11.6 Å². The Bertz CT molecular complexity index is 2130. The van der Waals surface area contributed by atoms with Gasteiger partial charge < -0.3 is 9.80 Å². The number of thioether (sulfide) groups is 2. The number of ketones is 2. The Balaban J connectivity index is 0.000000135. The number of nitrogens with zero attached hydrogens (tertiary/aromatic N) is 2. The zero-order chi connectivity index (χ0) is 30.7. The summed E-state index contributed by atoms with van der Waals surface area (Å²) in [4.78, 5) is 32.5. The molecular formula is C39H30N2O2S2. The summed E-state index contributed by atoms with van der Waals surface area (Å²) < 4.78 is 0. The highest BCUT2D eigenvalue weighted by molar-refractivity contribution is 8.04. The van der Waals surface area contributed by atoms with E-state index in [1.165, 1.54) is 31.9 Å². The molecule has 4 aliphatic rings. The number of carbonyl (C=O) groups is 2. The summed E-state index contributed by atoms with van der Waals surface area (Å²) in [6, 6.07) is 37.0. The highest BCUT2D eigenvalue weighted by Crippen LogP contribution is 2.51. The van der Waals surface area contributed by atoms with Crippen molar-refractivity contribution in [3.63, 3.8) is 0 Å². The largest absolute Gasteiger partial charge is 0.337 e. The SMILES string of the molecule is CCN1/C(=C2\Cc3ccccc3C2=O)Sc2ccccc21.CN1/C(=C2\Cc3ccccc3C2=O)Sc2ccc3ccccc3c21. The van der Waals surface area contributed by atoms with E-state index in [9.17, 15) is 9.59 Å². The normalized spacial score (nSPS) is 19.4. The van der Waals surface area contributed by atoms with Crippen LogP contribution >= 0.6 is 23.5 Å². The zero-order valence-corrected chi connectivity index (χ0v) is 26.7. The molecule has 9 rings (SSSR count). The molecular weight excluding hydrogens is 593 g/mol. The van der Waals surface area contributed by atoms with Crippen LogP contribution in [0.5, 0.6) is 0 Å². The fourth-order valence-corrected chi connectivity index (χ4v) is 9.25. The standard InChI is InChI=1S/C21H15NOS.C18H15NOS/c1-22-19-15-8-4-2-6-13(15)10-11-18(19)24-21(22)17-12-14-7-3-5-9-16(14)20(17)23;1-2-19-15-9-5-6-10-16(15)21-18(19)14-11-12-7-3-4-8-13(12)17(14)20/h2-11H,12H2,1H3;3-10H,2,11H2,1H3/b21-17-;18-14-. The molecule has 2 aliphatic carbocycles. The number of para-hydroxylation sites is 1. The van der Waals surface area contributed by atoms with Crippen LogP contribution in [0.1, 0.15) is 38.8 Å². The maximum atomic E-state index is 12.8. The lowest BCUT2D eigenvalue weighted by Crippen LogP contribution is -2.19. The first kappa shape index (κ1) is 28.0. The molecule has 45 heavy (non-hydrogen) atoms. The first-order valence-corrected chi connectivity index (χ1v) is 16.9. The molecule has 0 amide bonds. The summed E-state index contributed by atoms with van der Waals surface area (Å²) in [7, 11) is 2.07. The molecule has 0 saturated carbocycles. The Morgan fingerprint density at radius 3 is 1.89 bits per heavy atom. The quantitative estimate of drug-likeness (QED) is 0.174. The van der Waals surface area contributed by atoms with Gasteiger partial charge in [0.2, 0.25) is 0 Å². The van der Waals surface area contributed by atoms with E-state index < -0.39 is 0 Å². The molecule has 6 heteroatoms. The van der Waals surface area contributed by atoms with E-state index in [0.29, 0.717) is 0 Å². The number of benzene rings is 5. The summed E-state index contributed by atoms with van der Waals surface area (Å²) in [5.41, 5.74) is 8.31. The van der Waals surface area contributed by atoms with Crippen LogP contribution in [0.2, 0.25) is 0 Å². The molecule has 4 nitrogen and oxygen atoms in total. The minimum atomic E-state index is 0.178. The van der Waals surface area contributed by atoms with Gasteiger partial charge in [0.25, 0.3) is 0 Å². The van der Waals surface area contributed by atoms with E-state index >= 15 is 0 Å². The van der Waals surface area contributed by atoms with Gasteiger partial charge in [-0.25, -0.2) is 0 Å². The third kappa shape index (κ3) is 4.54. The number of hydrogen-bond acceptors (Lipinski definition) is 6. The van der Waals surface area contributed by atoms with Crippen molar-refractivity contribution in [3.05, 3.63) is 153 Å². The Hall–Kier alpha value is -4.52. The van der Waals surface area contributed by atoms with E-state index in [2.05, 4.69) is 96.6 Å². The van der Waals surface area contributed by atoms with Crippen molar-refractivity contribution in [2.45, 2.75) is 29.6 Å². The molecule has 220 valence electrons. The van der Waals surface area contributed by atoms with Crippen LogP contribution in [-0.4, -0.2) is 25.2 Å². The van der Waals surface area contributed by atoms with Crippen LogP contribution in [0, 0.1) is 0 Å². The van der Waals surface area contributed by atoms with E-state index in [0.717, 1.165) is 62.8 Å². The number of anilines is 2. The predicted octanol–water partition coefficient (Wildman–Crippen LogP) is 9.30. The molecule has 0 atom stereocenters. The van der Waals surface area contributed by atoms with Crippen molar-refractivity contribution < 1.29 is 9.59 Å². The van der Waals surface area contributed by atoms with Crippen molar-refractivity contribution in [1.29, 1.82) is 0 Å². The topological polar surface area (TPSA) is 40.6 Å². The first-order chi connectivity index (χ1) is 22.0. The van der Waals surface area contributed by atoms with Gasteiger partial charge in [-0.1, -0.05) is 115 Å². The molecule has 0 unspecified atom stereocenters. The van der Waals surface area contributed by atoms with Gasteiger partial charge in [0.15, 0.2) is 11.6 Å². The maximum Gasteiger partial charge on any atom is 0.192 e. The number of fused-ring (bicyclic) bond motifs is 6. The minimum Gasteiger partial charge on any atom is -0.337 e. The summed E-state index contributed by atoms with van der Waals surface area (Å²) in [6.07, 6.45) is 1.48. The molecule has 5 aromatic rings. The molecule has 2 heterocycles. The average molecular weight is 623 g/mol. The van der Waals surface area contributed by atoms with Gasteiger partial charge >= 0.3 is 0 Å². The highest BCUT2D eigenvalue weighted by Gasteiger charge is 2.35. The lowest BCUT2D eigenvalue weighted by Gasteiger charge is -2.19. The summed E-state index contributed by atoms with van der Waals surface area (Å²) in [6.45, 7) is 3.02. The van der Waals surface area contributed by atoms with Crippen LogP contribution in [-0.2, 0) is 12.8 Å². The average Bonchev–Trinajstić information content (AvgIpc) is 3.82. The van der Waals surface area contributed by atoms with Gasteiger partial charge in [-0.3, -0.25) is 9.59 Å². The van der Waals surface area contributed by atoms with Crippen LogP contribution in [0.3, 0.4) is 0 Å². The molecule has 0 fully saturated rings. The van der Waals surface area contributed by atoms with Gasteiger partial charge in [-0.05, 0) is 41.6 Å². The fourth-order valence-electron chi connectivity index (χ4n) is 6.78. The molecule has 0 aromatic heterocycles. The predicted molar refractivity (Wildman–Crippen MR) is 187 cm³/mol. The summed E-state index contributed by atoms with van der Waals surface area (Å²) >= 11 is 3.44. The van der Waals surface area contributed by atoms with Crippen molar-refractivity contribution in [1.82, 2.24) is 0 Å². The van der Waals surface area contributed by atoms with E-state index in [1.54, 1.807) is 23.5 Å². The summed E-state index contributed by atoms with van der Waals surface area (Å²) in [5.74, 6) is 0.372. The second-order valence-electron chi connectivity index (χ2n) is 11.5. The Kier molecular flexibility index (Phi) is 6.92. The van der Waals surface area contributed by atoms with Gasteiger partial charge in [0.05, 0.1) is 21.4 Å². The van der Waals surface area contributed by atoms with E-state index in [4.69, 9.17) is 0 Å². The van der Waals surface area contributed by atoms with E-state index in [1.807, 2.05) is 36.4 Å². The Morgan fingerprint density at radius 1 is 0.622 bits per heavy atom. The molecule has 0 saturated heterocycles. The Morgan fingerprint density at radius 2 is 1.20 bits per heavy atom. The van der Waals surface area contributed by atoms with Crippen LogP contribution in [0.25, 0.3) is 10.8 Å². The number of Topliss-reactive ketones (excluding diaryl/α,β-unsaturated/α-hetero) is 2. The van der Waals surface area contributed by atoms with Gasteiger partial charge in [-0.15, -0.1) is 0 Å². The third-order valence-corrected chi connectivity index (χ3v) is 11.4. The number of allylic oxidation sites excluding steroid dienone is 2. The van der Waals surface area contributed by atoms with Gasteiger partial charge in [0, 0.05) is 63.9 Å². The molecule has 5 aromatic carbocycles. The maximum absolute atomic E-state index is 12.8. The third-order valence-electron chi connectivity index (χ3n) is 8.96. The fraction of sp³-hybridized carbons (Fsp3) is 0.128. The van der Waals surface area contributed by atoms with Crippen molar-refractivity contribution in [2.24, 2.45) is 0 Å². The highest BCUT2D eigenvalue weighted by atomic mass is 32.2. The molecule has 0 spiro atoms. The van der Waals surface area contributed by atoms with Crippen molar-refractivity contribution >= 4 is 57.2 Å². The zero-order valence-electron chi connectivity index (χ0n) is 25.0. The van der Waals surface area contributed by atoms with Crippen LogP contribution in [0.4, 0.5) is 11.4 Å². The minimum absolute atomic E-state index is 0.178.